The molecule has 91 heavy (non-hydrogen) atoms. The minimum absolute atomic E-state index is 0.0348. The second kappa shape index (κ2) is 41.5. The zero-order valence-corrected chi connectivity index (χ0v) is 56.1. The number of alkyl carbamates (subject to hydrolysis) is 3. The van der Waals surface area contributed by atoms with Gasteiger partial charge in [-0.2, -0.15) is 5.48 Å². The second-order valence-corrected chi connectivity index (χ2v) is 25.9. The second-order valence-electron chi connectivity index (χ2n) is 25.9. The van der Waals surface area contributed by atoms with Gasteiger partial charge in [0, 0.05) is 45.2 Å². The Morgan fingerprint density at radius 2 is 0.978 bits per heavy atom. The van der Waals surface area contributed by atoms with Gasteiger partial charge in [-0.05, 0) is 140 Å². The number of hydroxylamine groups is 1. The van der Waals surface area contributed by atoms with E-state index in [0.29, 0.717) is 12.0 Å². The van der Waals surface area contributed by atoms with Crippen molar-refractivity contribution in [1.29, 1.82) is 0 Å². The van der Waals surface area contributed by atoms with Crippen molar-refractivity contribution < 1.29 is 82.3 Å². The van der Waals surface area contributed by atoms with Crippen molar-refractivity contribution in [3.05, 3.63) is 35.9 Å². The smallest absolute Gasteiger partial charge is 0.407 e. The number of nitrogens with one attached hydrogen (secondary N) is 12. The molecule has 1 aromatic rings. The molecule has 0 aliphatic carbocycles. The van der Waals surface area contributed by atoms with Gasteiger partial charge in [0.15, 0.2) is 0 Å². The molecule has 0 saturated carbocycles. The van der Waals surface area contributed by atoms with E-state index in [1.54, 1.807) is 99.6 Å². The van der Waals surface area contributed by atoms with Gasteiger partial charge in [0.25, 0.3) is 0 Å². The number of primary amides is 1. The summed E-state index contributed by atoms with van der Waals surface area (Å²) in [4.78, 5) is 142. The highest BCUT2D eigenvalue weighted by atomic mass is 16.7. The number of rotatable bonds is 41. The van der Waals surface area contributed by atoms with E-state index in [0.717, 1.165) is 6.42 Å². The lowest BCUT2D eigenvalue weighted by molar-refractivity contribution is -0.137. The summed E-state index contributed by atoms with van der Waals surface area (Å²) < 4.78 is 16.1. The van der Waals surface area contributed by atoms with Crippen LogP contribution in [0.3, 0.4) is 0 Å². The summed E-state index contributed by atoms with van der Waals surface area (Å²) in [6, 6.07) is -1.65. The Morgan fingerprint density at radius 3 is 1.47 bits per heavy atom. The summed E-state index contributed by atoms with van der Waals surface area (Å²) in [5.41, 5.74) is 6.51. The third-order valence-electron chi connectivity index (χ3n) is 13.1. The Morgan fingerprint density at radius 1 is 0.505 bits per heavy atom. The van der Waals surface area contributed by atoms with Crippen molar-refractivity contribution in [2.45, 2.75) is 245 Å². The quantitative estimate of drug-likeness (QED) is 0.0184. The maximum atomic E-state index is 14.8. The molecule has 2 unspecified atom stereocenters. The number of ether oxygens (including phenoxy) is 3. The third-order valence-corrected chi connectivity index (χ3v) is 13.1. The molecule has 0 aromatic heterocycles. The van der Waals surface area contributed by atoms with E-state index >= 15 is 0 Å². The SMILES string of the molecule is CCCC(C)ON[C@@H](CCNC(=O)OC(C)(C)C)C(=O)N[C@H](C(=O)N[C@@H](CCCNC(=O)OC(C)(C)C)C(=O)N[C@@H](CCNC(=O)[C@@H](NCO)[C@H](C)O)CN[C@@H](CCNC(=O)OC(C)(C)C)C(=O)N[C@H](Cc1ccccc1)C(=O)N[C@@H](CC(C)C)C(N)=O)C(C)O. The molecule has 0 bridgehead atoms. The monoisotopic (exact) mass is 1300 g/mol. The summed E-state index contributed by atoms with van der Waals surface area (Å²) in [5.74, 6) is -5.75. The number of aliphatic hydroxyl groups is 3. The average Bonchev–Trinajstić information content (AvgIpc) is 1.44. The maximum absolute atomic E-state index is 14.8. The topological polar surface area (TPSA) is 439 Å². The molecule has 0 spiro atoms. The molecule has 520 valence electrons. The number of amides is 10. The van der Waals surface area contributed by atoms with Crippen molar-refractivity contribution in [2.75, 3.05) is 39.5 Å². The minimum Gasteiger partial charge on any atom is -0.444 e. The lowest BCUT2D eigenvalue weighted by atomic mass is 10.0. The first kappa shape index (κ1) is 82.1. The molecule has 11 atom stereocenters. The van der Waals surface area contributed by atoms with Crippen molar-refractivity contribution >= 4 is 59.6 Å². The minimum atomic E-state index is -1.71. The zero-order chi connectivity index (χ0) is 69.2. The molecule has 1 rings (SSSR count). The molecule has 0 aliphatic rings. The van der Waals surface area contributed by atoms with Gasteiger partial charge in [0.05, 0.1) is 31.1 Å². The van der Waals surface area contributed by atoms with E-state index in [2.05, 4.69) is 64.0 Å². The van der Waals surface area contributed by atoms with Gasteiger partial charge in [0.2, 0.25) is 41.4 Å². The van der Waals surface area contributed by atoms with Crippen LogP contribution < -0.4 is 69.7 Å². The number of hydrogen-bond acceptors (Lipinski definition) is 20. The van der Waals surface area contributed by atoms with Crippen LogP contribution in [0.25, 0.3) is 0 Å². The van der Waals surface area contributed by atoms with Crippen molar-refractivity contribution in [2.24, 2.45) is 11.7 Å². The Bertz CT molecular complexity index is 2420. The number of benzene rings is 1. The van der Waals surface area contributed by atoms with Crippen LogP contribution in [0.4, 0.5) is 14.4 Å². The van der Waals surface area contributed by atoms with Gasteiger partial charge in [-0.25, -0.2) is 14.4 Å². The molecule has 17 N–H and O–H groups in total. The zero-order valence-electron chi connectivity index (χ0n) is 56.1. The summed E-state index contributed by atoms with van der Waals surface area (Å²) in [7, 11) is 0. The lowest BCUT2D eigenvalue weighted by Crippen LogP contribution is -2.61. The number of hydrogen-bond donors (Lipinski definition) is 16. The largest absolute Gasteiger partial charge is 0.444 e. The van der Waals surface area contributed by atoms with Crippen LogP contribution in [0, 0.1) is 5.92 Å². The highest BCUT2D eigenvalue weighted by Crippen LogP contribution is 2.13. The van der Waals surface area contributed by atoms with Crippen LogP contribution in [0.1, 0.15) is 161 Å². The summed E-state index contributed by atoms with van der Waals surface area (Å²) >= 11 is 0. The van der Waals surface area contributed by atoms with Crippen molar-refractivity contribution in [1.82, 2.24) is 64.0 Å². The fraction of sp³-hybridized carbons (Fsp3) is 0.738. The van der Waals surface area contributed by atoms with Gasteiger partial charge in [0.1, 0.15) is 53.1 Å². The average molecular weight is 1300 g/mol. The van der Waals surface area contributed by atoms with Crippen LogP contribution in [0.15, 0.2) is 30.3 Å². The van der Waals surface area contributed by atoms with Crippen LogP contribution >= 0.6 is 0 Å². The Hall–Kier alpha value is -6.96. The first-order valence-electron chi connectivity index (χ1n) is 31.2. The number of aliphatic hydroxyl groups excluding tert-OH is 3. The van der Waals surface area contributed by atoms with Gasteiger partial charge in [-0.3, -0.25) is 43.7 Å². The van der Waals surface area contributed by atoms with Crippen LogP contribution in [0.2, 0.25) is 0 Å². The van der Waals surface area contributed by atoms with E-state index in [1.807, 2.05) is 20.8 Å². The Kier molecular flexibility index (Phi) is 37.4. The highest BCUT2D eigenvalue weighted by Gasteiger charge is 2.35. The fourth-order valence-electron chi connectivity index (χ4n) is 8.69. The standard InChI is InChI=1S/C61H109N13O17/c1-16-21-37(4)91-74-44(27-31-66-58(87)90-61(13,14)15)52(81)73-48(39(6)77)55(84)70-43(24-20-28-64-56(85)88-59(7,8)9)51(80)69-41(25-29-63-54(83)47(38(5)76)68-35-75)34-67-42(26-30-65-57(86)89-60(10,11)12)50(79)72-46(33-40-22-18-17-19-23-40)53(82)71-45(49(62)78)32-36(2)3/h17-19,22-23,36-39,41-48,67-68,74-77H,16,20-21,24-35H2,1-15H3,(H2,62,78)(H,63,83)(H,64,85)(H,65,86)(H,66,87)(H,69,80)(H,70,84)(H,71,82)(H,72,79)(H,73,81)/t37?,38-,39?,41-,42-,43-,44-,45-,46+,47-,48-/m0/s1. The Balaban J connectivity index is 3.93. The molecule has 30 nitrogen and oxygen atoms in total. The van der Waals surface area contributed by atoms with Crippen molar-refractivity contribution in [3.63, 3.8) is 0 Å². The van der Waals surface area contributed by atoms with Crippen molar-refractivity contribution in [3.8, 4) is 0 Å². The Labute approximate surface area is 536 Å². The molecule has 1 aromatic carbocycles. The van der Waals surface area contributed by atoms with E-state index in [1.165, 1.54) is 13.8 Å². The molecule has 10 amide bonds. The maximum Gasteiger partial charge on any atom is 0.407 e. The fourth-order valence-corrected chi connectivity index (χ4v) is 8.69. The number of nitrogens with two attached hydrogens (primary N) is 1. The van der Waals surface area contributed by atoms with E-state index in [4.69, 9.17) is 24.8 Å². The lowest BCUT2D eigenvalue weighted by Gasteiger charge is -2.29. The summed E-state index contributed by atoms with van der Waals surface area (Å²) in [6.07, 6.45) is -4.49. The molecule has 0 fully saturated rings. The summed E-state index contributed by atoms with van der Waals surface area (Å²) in [5, 5.41) is 60.5. The molecular formula is C61H109N13O17. The van der Waals surface area contributed by atoms with Gasteiger partial charge < -0.3 is 88.4 Å². The van der Waals surface area contributed by atoms with Crippen LogP contribution in [0.5, 0.6) is 0 Å². The first-order chi connectivity index (χ1) is 42.3. The number of carbonyl (C=O) groups excluding carboxylic acids is 10. The highest BCUT2D eigenvalue weighted by molar-refractivity contribution is 5.94. The van der Waals surface area contributed by atoms with Gasteiger partial charge in [-0.1, -0.05) is 57.5 Å². The summed E-state index contributed by atoms with van der Waals surface area (Å²) in [6.45, 7) is 23.5. The normalized spacial score (nSPS) is 15.4. The van der Waals surface area contributed by atoms with Gasteiger partial charge >= 0.3 is 18.3 Å². The van der Waals surface area contributed by atoms with Crippen LogP contribution in [-0.2, 0) is 59.0 Å². The predicted molar refractivity (Wildman–Crippen MR) is 339 cm³/mol. The van der Waals surface area contributed by atoms with E-state index in [-0.39, 0.29) is 89.7 Å². The van der Waals surface area contributed by atoms with E-state index in [9.17, 15) is 63.3 Å². The number of carbonyl (C=O) groups is 10. The molecule has 30 heteroatoms. The third kappa shape index (κ3) is 37.2. The molecule has 0 heterocycles. The molecule has 0 saturated heterocycles. The predicted octanol–water partition coefficient (Wildman–Crippen LogP) is 0.531. The first-order valence-corrected chi connectivity index (χ1v) is 31.2. The van der Waals surface area contributed by atoms with Crippen LogP contribution in [-0.4, -0.2) is 198 Å². The molecule has 0 radical (unpaired) electrons. The van der Waals surface area contributed by atoms with Gasteiger partial charge in [-0.15, -0.1) is 0 Å². The molecular weight excluding hydrogens is 1190 g/mol. The van der Waals surface area contributed by atoms with E-state index < -0.39 is 144 Å². The molecule has 0 aliphatic heterocycles.